The van der Waals surface area contributed by atoms with Crippen molar-refractivity contribution in [3.05, 3.63) is 47.5 Å². The first-order valence-corrected chi connectivity index (χ1v) is 12.4. The summed E-state index contributed by atoms with van der Waals surface area (Å²) in [5, 5.41) is 3.28. The molecule has 1 saturated heterocycles. The average molecular weight is 494 g/mol. The number of piperazine rings is 1. The quantitative estimate of drug-likeness (QED) is 0.662. The fourth-order valence-corrected chi connectivity index (χ4v) is 5.23. The summed E-state index contributed by atoms with van der Waals surface area (Å²) in [6.45, 7) is 2.52. The van der Waals surface area contributed by atoms with Crippen LogP contribution >= 0.6 is 11.6 Å². The number of nitrogens with zero attached hydrogens (tertiary/aromatic N) is 2. The van der Waals surface area contributed by atoms with Gasteiger partial charge in [-0.05, 0) is 48.9 Å². The van der Waals surface area contributed by atoms with Crippen molar-refractivity contribution in [2.75, 3.05) is 38.1 Å². The van der Waals surface area contributed by atoms with Crippen LogP contribution in [0.2, 0.25) is 5.02 Å². The topological polar surface area (TPSA) is 105 Å². The molecule has 0 unspecified atom stereocenters. The molecule has 176 valence electrons. The van der Waals surface area contributed by atoms with Gasteiger partial charge in [0, 0.05) is 31.2 Å². The van der Waals surface area contributed by atoms with Crippen LogP contribution in [0.3, 0.4) is 0 Å². The zero-order valence-electron chi connectivity index (χ0n) is 18.0. The molecule has 9 nitrogen and oxygen atoms in total. The highest BCUT2D eigenvalue weighted by molar-refractivity contribution is 7.89. The summed E-state index contributed by atoms with van der Waals surface area (Å²) >= 11 is 5.83. The van der Waals surface area contributed by atoms with Crippen LogP contribution in [0.25, 0.3) is 0 Å². The molecule has 0 aliphatic carbocycles. The Morgan fingerprint density at radius 1 is 1.15 bits per heavy atom. The van der Waals surface area contributed by atoms with Crippen molar-refractivity contribution in [3.8, 4) is 11.5 Å². The van der Waals surface area contributed by atoms with Crippen LogP contribution in [-0.4, -0.2) is 68.3 Å². The monoisotopic (exact) mass is 493 g/mol. The van der Waals surface area contributed by atoms with E-state index in [1.807, 2.05) is 6.92 Å². The molecule has 0 radical (unpaired) electrons. The Hall–Kier alpha value is -2.82. The molecular weight excluding hydrogens is 470 g/mol. The minimum atomic E-state index is -3.80. The van der Waals surface area contributed by atoms with Gasteiger partial charge in [-0.3, -0.25) is 9.59 Å². The first kappa shape index (κ1) is 23.3. The fourth-order valence-electron chi connectivity index (χ4n) is 3.65. The minimum Gasteiger partial charge on any atom is -0.484 e. The van der Waals surface area contributed by atoms with Gasteiger partial charge in [-0.2, -0.15) is 4.31 Å². The van der Waals surface area contributed by atoms with E-state index in [4.69, 9.17) is 21.1 Å². The molecule has 11 heteroatoms. The summed E-state index contributed by atoms with van der Waals surface area (Å²) in [5.74, 6) is 0.452. The molecule has 0 aromatic heterocycles. The highest BCUT2D eigenvalue weighted by Crippen LogP contribution is 2.33. The number of fused-ring (bicyclic) bond motifs is 1. The second-order valence-electron chi connectivity index (χ2n) is 7.69. The van der Waals surface area contributed by atoms with Crippen molar-refractivity contribution in [1.29, 1.82) is 0 Å². The summed E-state index contributed by atoms with van der Waals surface area (Å²) in [4.78, 5) is 26.2. The second-order valence-corrected chi connectivity index (χ2v) is 10.1. The molecule has 2 aromatic rings. The lowest BCUT2D eigenvalue weighted by Gasteiger charge is -2.34. The van der Waals surface area contributed by atoms with Crippen molar-refractivity contribution in [2.45, 2.75) is 24.3 Å². The van der Waals surface area contributed by atoms with Gasteiger partial charge in [-0.15, -0.1) is 0 Å². The Balaban J connectivity index is 1.36. The fraction of sp³-hybridized carbons (Fsp3) is 0.364. The number of ether oxygens (including phenoxy) is 2. The number of carbonyl (C=O) groups is 2. The van der Waals surface area contributed by atoms with E-state index >= 15 is 0 Å². The number of amides is 2. The lowest BCUT2D eigenvalue weighted by molar-refractivity contribution is -0.134. The maximum atomic E-state index is 13.1. The van der Waals surface area contributed by atoms with Crippen LogP contribution in [-0.2, 0) is 19.6 Å². The number of nitrogens with one attached hydrogen (secondary N) is 1. The normalized spacial score (nSPS) is 18.8. The molecule has 2 heterocycles. The van der Waals surface area contributed by atoms with Crippen LogP contribution in [0.4, 0.5) is 5.69 Å². The van der Waals surface area contributed by atoms with Gasteiger partial charge in [-0.1, -0.05) is 18.5 Å². The predicted octanol–water partition coefficient (Wildman–Crippen LogP) is 2.36. The Kier molecular flexibility index (Phi) is 6.78. The van der Waals surface area contributed by atoms with Crippen molar-refractivity contribution in [1.82, 2.24) is 9.21 Å². The predicted molar refractivity (Wildman–Crippen MR) is 122 cm³/mol. The standard InChI is InChI=1S/C22H24ClN3O6S/c1-2-19-22(28)24-18-13-17(7-8-20(18)32-19)33(29,30)26-11-9-25(10-12-26)21(27)14-31-16-5-3-15(23)4-6-16/h3-8,13,19H,2,9-12,14H2,1H3,(H,24,28)/t19-/m1/s1. The Bertz CT molecular complexity index is 1150. The summed E-state index contributed by atoms with van der Waals surface area (Å²) < 4.78 is 38.7. The van der Waals surface area contributed by atoms with Crippen LogP contribution in [0, 0.1) is 0 Å². The molecule has 4 rings (SSSR count). The van der Waals surface area contributed by atoms with E-state index in [2.05, 4.69) is 5.32 Å². The lowest BCUT2D eigenvalue weighted by atomic mass is 10.2. The summed E-state index contributed by atoms with van der Waals surface area (Å²) in [6, 6.07) is 11.1. The zero-order chi connectivity index (χ0) is 23.6. The molecule has 2 aromatic carbocycles. The van der Waals surface area contributed by atoms with Gasteiger partial charge in [0.2, 0.25) is 10.0 Å². The number of benzene rings is 2. The number of hydrogen-bond acceptors (Lipinski definition) is 6. The number of carbonyl (C=O) groups excluding carboxylic acids is 2. The van der Waals surface area contributed by atoms with E-state index in [9.17, 15) is 18.0 Å². The first-order chi connectivity index (χ1) is 15.8. The third kappa shape index (κ3) is 5.07. The SMILES string of the molecule is CC[C@H]1Oc2ccc(S(=O)(=O)N3CCN(C(=O)COc4ccc(Cl)cc4)CC3)cc2NC1=O. The lowest BCUT2D eigenvalue weighted by Crippen LogP contribution is -2.51. The number of rotatable bonds is 6. The number of halogens is 1. The zero-order valence-corrected chi connectivity index (χ0v) is 19.6. The maximum absolute atomic E-state index is 13.1. The van der Waals surface area contributed by atoms with Crippen LogP contribution < -0.4 is 14.8 Å². The van der Waals surface area contributed by atoms with Crippen molar-refractivity contribution in [3.63, 3.8) is 0 Å². The van der Waals surface area contributed by atoms with Gasteiger partial charge in [0.1, 0.15) is 11.5 Å². The van der Waals surface area contributed by atoms with E-state index in [1.165, 1.54) is 16.4 Å². The minimum absolute atomic E-state index is 0.0611. The van der Waals surface area contributed by atoms with Crippen molar-refractivity contribution < 1.29 is 27.5 Å². The maximum Gasteiger partial charge on any atom is 0.265 e. The summed E-state index contributed by atoms with van der Waals surface area (Å²) in [5.41, 5.74) is 0.332. The van der Waals surface area contributed by atoms with E-state index in [0.29, 0.717) is 28.6 Å². The molecule has 1 N–H and O–H groups in total. The molecule has 0 spiro atoms. The van der Waals surface area contributed by atoms with Gasteiger partial charge >= 0.3 is 0 Å². The molecular formula is C22H24ClN3O6S. The molecule has 2 amide bonds. The van der Waals surface area contributed by atoms with Gasteiger partial charge in [0.05, 0.1) is 10.6 Å². The number of anilines is 1. The molecule has 0 saturated carbocycles. The third-order valence-corrected chi connectivity index (χ3v) is 7.69. The van der Waals surface area contributed by atoms with Crippen LogP contribution in [0.1, 0.15) is 13.3 Å². The number of sulfonamides is 1. The first-order valence-electron chi connectivity index (χ1n) is 10.6. The Morgan fingerprint density at radius 3 is 2.52 bits per heavy atom. The number of hydrogen-bond donors (Lipinski definition) is 1. The molecule has 1 fully saturated rings. The van der Waals surface area contributed by atoms with E-state index in [-0.39, 0.29) is 49.5 Å². The largest absolute Gasteiger partial charge is 0.484 e. The highest BCUT2D eigenvalue weighted by atomic mass is 35.5. The third-order valence-electron chi connectivity index (χ3n) is 5.55. The van der Waals surface area contributed by atoms with E-state index in [1.54, 1.807) is 35.2 Å². The van der Waals surface area contributed by atoms with E-state index in [0.717, 1.165) is 0 Å². The van der Waals surface area contributed by atoms with Gasteiger partial charge < -0.3 is 19.7 Å². The summed E-state index contributed by atoms with van der Waals surface area (Å²) in [7, 11) is -3.80. The van der Waals surface area contributed by atoms with Gasteiger partial charge in [0.15, 0.2) is 12.7 Å². The van der Waals surface area contributed by atoms with Gasteiger partial charge in [-0.25, -0.2) is 8.42 Å². The Morgan fingerprint density at radius 2 is 1.85 bits per heavy atom. The average Bonchev–Trinajstić information content (AvgIpc) is 2.82. The van der Waals surface area contributed by atoms with E-state index < -0.39 is 16.1 Å². The molecule has 2 aliphatic rings. The highest BCUT2D eigenvalue weighted by Gasteiger charge is 2.32. The molecule has 33 heavy (non-hydrogen) atoms. The Labute approximate surface area is 197 Å². The molecule has 1 atom stereocenters. The van der Waals surface area contributed by atoms with Crippen molar-refractivity contribution >= 4 is 39.1 Å². The van der Waals surface area contributed by atoms with Crippen LogP contribution in [0.15, 0.2) is 47.4 Å². The molecule has 0 bridgehead atoms. The summed E-state index contributed by atoms with van der Waals surface area (Å²) in [6.07, 6.45) is -0.0757. The smallest absolute Gasteiger partial charge is 0.265 e. The second kappa shape index (κ2) is 9.58. The van der Waals surface area contributed by atoms with Crippen molar-refractivity contribution in [2.24, 2.45) is 0 Å². The van der Waals surface area contributed by atoms with Crippen LogP contribution in [0.5, 0.6) is 11.5 Å². The molecule has 2 aliphatic heterocycles. The van der Waals surface area contributed by atoms with Gasteiger partial charge in [0.25, 0.3) is 11.8 Å².